The summed E-state index contributed by atoms with van der Waals surface area (Å²) in [4.78, 5) is 18.4. The lowest BCUT2D eigenvalue weighted by Crippen LogP contribution is -2.30. The van der Waals surface area contributed by atoms with Crippen LogP contribution in [0.1, 0.15) is 41.0 Å². The number of anilines is 1. The maximum absolute atomic E-state index is 13.0. The van der Waals surface area contributed by atoms with Crippen LogP contribution in [0.25, 0.3) is 0 Å². The van der Waals surface area contributed by atoms with Gasteiger partial charge in [0.05, 0.1) is 16.1 Å². The van der Waals surface area contributed by atoms with Gasteiger partial charge in [-0.05, 0) is 61.4 Å². The van der Waals surface area contributed by atoms with Gasteiger partial charge >= 0.3 is 0 Å². The van der Waals surface area contributed by atoms with Crippen LogP contribution in [-0.4, -0.2) is 36.7 Å². The molecule has 0 aliphatic rings. The lowest BCUT2D eigenvalue weighted by molar-refractivity contribution is 0.102. The van der Waals surface area contributed by atoms with Gasteiger partial charge in [-0.2, -0.15) is 4.31 Å². The van der Waals surface area contributed by atoms with E-state index in [0.29, 0.717) is 24.3 Å². The Kier molecular flexibility index (Phi) is 8.10. The zero-order valence-electron chi connectivity index (χ0n) is 18.6. The average Bonchev–Trinajstić information content (AvgIpc) is 3.30. The molecule has 0 aliphatic heterocycles. The van der Waals surface area contributed by atoms with Gasteiger partial charge in [-0.25, -0.2) is 13.4 Å². The standard InChI is InChI=1S/C23H27N3O3S3/c1-5-26(6-2)32(28,29)21-11-16(3)17(4)22(12-21)25-23(27)18-7-9-20(10-8-18)31-14-19-13-30-15-24-19/h7-13,15H,5-6,14H2,1-4H3,(H,25,27). The number of hydrogen-bond acceptors (Lipinski definition) is 6. The van der Waals surface area contributed by atoms with Crippen LogP contribution in [0.15, 0.2) is 57.1 Å². The molecular formula is C23H27N3O3S3. The fourth-order valence-corrected chi connectivity index (χ4v) is 6.22. The van der Waals surface area contributed by atoms with Crippen molar-refractivity contribution in [3.63, 3.8) is 0 Å². The number of aryl methyl sites for hydroxylation is 1. The van der Waals surface area contributed by atoms with Gasteiger partial charge < -0.3 is 5.32 Å². The first-order valence-corrected chi connectivity index (χ1v) is 13.7. The number of thioether (sulfide) groups is 1. The fourth-order valence-electron chi connectivity index (χ4n) is 3.18. The highest BCUT2D eigenvalue weighted by Gasteiger charge is 2.23. The van der Waals surface area contributed by atoms with E-state index >= 15 is 0 Å². The molecule has 0 saturated carbocycles. The van der Waals surface area contributed by atoms with Crippen molar-refractivity contribution in [2.45, 2.75) is 43.2 Å². The third kappa shape index (κ3) is 5.58. The van der Waals surface area contributed by atoms with Crippen LogP contribution < -0.4 is 5.32 Å². The Hall–Kier alpha value is -2.20. The molecule has 0 unspecified atom stereocenters. The monoisotopic (exact) mass is 489 g/mol. The van der Waals surface area contributed by atoms with Crippen LogP contribution in [0.4, 0.5) is 5.69 Å². The number of carbonyl (C=O) groups is 1. The normalized spacial score (nSPS) is 11.7. The Labute approximate surface area is 198 Å². The summed E-state index contributed by atoms with van der Waals surface area (Å²) in [5.41, 5.74) is 5.51. The summed E-state index contributed by atoms with van der Waals surface area (Å²) in [6.45, 7) is 8.12. The Bertz CT molecular complexity index is 1170. The Morgan fingerprint density at radius 2 is 1.81 bits per heavy atom. The number of aromatic nitrogens is 1. The molecule has 6 nitrogen and oxygen atoms in total. The van der Waals surface area contributed by atoms with Crippen LogP contribution in [0.5, 0.6) is 0 Å². The molecule has 3 rings (SSSR count). The smallest absolute Gasteiger partial charge is 0.255 e. The first kappa shape index (κ1) is 24.4. The first-order valence-electron chi connectivity index (χ1n) is 10.3. The van der Waals surface area contributed by atoms with Crippen molar-refractivity contribution >= 4 is 44.7 Å². The van der Waals surface area contributed by atoms with E-state index in [1.54, 1.807) is 47.4 Å². The summed E-state index contributed by atoms with van der Waals surface area (Å²) in [6.07, 6.45) is 0. The fraction of sp³-hybridized carbons (Fsp3) is 0.304. The average molecular weight is 490 g/mol. The van der Waals surface area contributed by atoms with Crippen LogP contribution in [0.2, 0.25) is 0 Å². The Morgan fingerprint density at radius 3 is 2.41 bits per heavy atom. The van der Waals surface area contributed by atoms with Crippen molar-refractivity contribution in [2.75, 3.05) is 18.4 Å². The minimum atomic E-state index is -3.62. The van der Waals surface area contributed by atoms with Crippen molar-refractivity contribution in [2.24, 2.45) is 0 Å². The summed E-state index contributed by atoms with van der Waals surface area (Å²) in [5, 5.41) is 4.91. The minimum Gasteiger partial charge on any atom is -0.322 e. The maximum Gasteiger partial charge on any atom is 0.255 e. The second-order valence-electron chi connectivity index (χ2n) is 7.25. The number of nitrogens with one attached hydrogen (secondary N) is 1. The largest absolute Gasteiger partial charge is 0.322 e. The van der Waals surface area contributed by atoms with Gasteiger partial charge in [-0.3, -0.25) is 4.79 Å². The van der Waals surface area contributed by atoms with Gasteiger partial charge in [0, 0.05) is 40.4 Å². The highest BCUT2D eigenvalue weighted by atomic mass is 32.2. The highest BCUT2D eigenvalue weighted by molar-refractivity contribution is 7.98. The van der Waals surface area contributed by atoms with Gasteiger partial charge in [-0.1, -0.05) is 13.8 Å². The van der Waals surface area contributed by atoms with Crippen molar-refractivity contribution in [1.82, 2.24) is 9.29 Å². The summed E-state index contributed by atoms with van der Waals surface area (Å²) in [7, 11) is -3.62. The highest BCUT2D eigenvalue weighted by Crippen LogP contribution is 2.27. The van der Waals surface area contributed by atoms with E-state index in [4.69, 9.17) is 0 Å². The maximum atomic E-state index is 13.0. The lowest BCUT2D eigenvalue weighted by Gasteiger charge is -2.20. The third-order valence-electron chi connectivity index (χ3n) is 5.22. The second kappa shape index (κ2) is 10.6. The van der Waals surface area contributed by atoms with E-state index in [0.717, 1.165) is 27.5 Å². The molecule has 170 valence electrons. The summed E-state index contributed by atoms with van der Waals surface area (Å²) < 4.78 is 27.3. The van der Waals surface area contributed by atoms with E-state index in [1.165, 1.54) is 4.31 Å². The van der Waals surface area contributed by atoms with Crippen LogP contribution in [0.3, 0.4) is 0 Å². The molecule has 0 fully saturated rings. The molecule has 2 aromatic carbocycles. The topological polar surface area (TPSA) is 79.4 Å². The lowest BCUT2D eigenvalue weighted by atomic mass is 10.1. The van der Waals surface area contributed by atoms with E-state index in [1.807, 2.05) is 50.7 Å². The number of rotatable bonds is 9. The number of thiazole rings is 1. The predicted molar refractivity (Wildman–Crippen MR) is 132 cm³/mol. The van der Waals surface area contributed by atoms with Crippen LogP contribution >= 0.6 is 23.1 Å². The quantitative estimate of drug-likeness (QED) is 0.411. The number of nitrogens with zero attached hydrogens (tertiary/aromatic N) is 2. The molecule has 1 amide bonds. The predicted octanol–water partition coefficient (Wildman–Crippen LogP) is 5.34. The van der Waals surface area contributed by atoms with Crippen LogP contribution in [0, 0.1) is 13.8 Å². The van der Waals surface area contributed by atoms with Crippen molar-refractivity contribution in [1.29, 1.82) is 0 Å². The molecule has 1 N–H and O–H groups in total. The van der Waals surface area contributed by atoms with Crippen molar-refractivity contribution in [3.05, 3.63) is 69.7 Å². The van der Waals surface area contributed by atoms with Crippen LogP contribution in [-0.2, 0) is 15.8 Å². The van der Waals surface area contributed by atoms with E-state index < -0.39 is 10.0 Å². The molecule has 0 radical (unpaired) electrons. The van der Waals surface area contributed by atoms with Gasteiger partial charge in [0.25, 0.3) is 5.91 Å². The second-order valence-corrected chi connectivity index (χ2v) is 11.0. The molecule has 0 bridgehead atoms. The number of amides is 1. The molecule has 1 aromatic heterocycles. The molecule has 1 heterocycles. The minimum absolute atomic E-state index is 0.188. The number of carbonyl (C=O) groups excluding carboxylic acids is 1. The molecular weight excluding hydrogens is 462 g/mol. The molecule has 9 heteroatoms. The van der Waals surface area contributed by atoms with Gasteiger partial charge in [0.15, 0.2) is 0 Å². The molecule has 0 aliphatic carbocycles. The molecule has 0 atom stereocenters. The number of benzene rings is 2. The molecule has 0 spiro atoms. The summed E-state index contributed by atoms with van der Waals surface area (Å²) in [6, 6.07) is 10.6. The molecule has 0 saturated heterocycles. The van der Waals surface area contributed by atoms with Crippen molar-refractivity contribution in [3.8, 4) is 0 Å². The summed E-state index contributed by atoms with van der Waals surface area (Å²) >= 11 is 3.23. The van der Waals surface area contributed by atoms with E-state index in [9.17, 15) is 13.2 Å². The zero-order valence-corrected chi connectivity index (χ0v) is 21.0. The van der Waals surface area contributed by atoms with Gasteiger partial charge in [-0.15, -0.1) is 23.1 Å². The number of hydrogen-bond donors (Lipinski definition) is 1. The zero-order chi connectivity index (χ0) is 23.3. The summed E-state index contributed by atoms with van der Waals surface area (Å²) in [5.74, 6) is 0.502. The number of sulfonamides is 1. The molecule has 32 heavy (non-hydrogen) atoms. The third-order valence-corrected chi connectivity index (χ3v) is 8.93. The molecule has 3 aromatic rings. The SMILES string of the molecule is CCN(CC)S(=O)(=O)c1cc(C)c(C)c(NC(=O)c2ccc(SCc3cscn3)cc2)c1. The van der Waals surface area contributed by atoms with Gasteiger partial charge in [0.2, 0.25) is 10.0 Å². The van der Waals surface area contributed by atoms with E-state index in [-0.39, 0.29) is 10.8 Å². The van der Waals surface area contributed by atoms with E-state index in [2.05, 4.69) is 10.3 Å². The van der Waals surface area contributed by atoms with Gasteiger partial charge in [0.1, 0.15) is 0 Å². The first-order chi connectivity index (χ1) is 15.3. The Balaban J connectivity index is 1.77. The Morgan fingerprint density at radius 1 is 1.12 bits per heavy atom. The van der Waals surface area contributed by atoms with Crippen molar-refractivity contribution < 1.29 is 13.2 Å².